The number of nitrogens with zero attached hydrogens (tertiary/aromatic N) is 4. The van der Waals surface area contributed by atoms with Crippen LogP contribution in [0, 0.1) is 6.92 Å². The molecule has 6 nitrogen and oxygen atoms in total. The second-order valence-electron chi connectivity index (χ2n) is 5.76. The second-order valence-corrected chi connectivity index (χ2v) is 5.76. The summed E-state index contributed by atoms with van der Waals surface area (Å²) in [7, 11) is 1.98. The van der Waals surface area contributed by atoms with Crippen LogP contribution in [0.2, 0.25) is 0 Å². The van der Waals surface area contributed by atoms with Crippen LogP contribution < -0.4 is 5.32 Å². The zero-order valence-electron chi connectivity index (χ0n) is 12.9. The van der Waals surface area contributed by atoms with E-state index >= 15 is 0 Å². The van der Waals surface area contributed by atoms with Gasteiger partial charge in [0.05, 0.1) is 41.7 Å². The Morgan fingerprint density at radius 1 is 1.38 bits per heavy atom. The van der Waals surface area contributed by atoms with E-state index in [9.17, 15) is 0 Å². The molecule has 114 valence electrons. The summed E-state index contributed by atoms with van der Waals surface area (Å²) in [6.45, 7) is 5.90. The first-order valence-corrected chi connectivity index (χ1v) is 7.51. The smallest absolute Gasteiger partial charge is 0.0947 e. The zero-order valence-corrected chi connectivity index (χ0v) is 12.9. The van der Waals surface area contributed by atoms with E-state index in [-0.39, 0.29) is 6.04 Å². The minimum atomic E-state index is 0.164. The number of imidazole rings is 1. The predicted octanol–water partition coefficient (Wildman–Crippen LogP) is 2.45. The Kier molecular flexibility index (Phi) is 3.96. The largest absolute Gasteiger partial charge is 0.381 e. The number of ether oxygens (including phenoxy) is 1. The van der Waals surface area contributed by atoms with Crippen LogP contribution in [0.1, 0.15) is 43.2 Å². The fourth-order valence-corrected chi connectivity index (χ4v) is 2.83. The van der Waals surface area contributed by atoms with Crippen molar-refractivity contribution >= 4 is 5.69 Å². The molecule has 1 aliphatic rings. The maximum atomic E-state index is 5.43. The standard InChI is InChI=1S/C15H23N5O/c1-11(15-9-19(3)10-16-15)18-14-8-17-20(12(14)2)13-4-6-21-7-5-13/h8-11,13,18H,4-7H2,1-3H3. The van der Waals surface area contributed by atoms with Crippen molar-refractivity contribution in [2.75, 3.05) is 18.5 Å². The highest BCUT2D eigenvalue weighted by molar-refractivity contribution is 5.47. The van der Waals surface area contributed by atoms with Crippen molar-refractivity contribution in [1.82, 2.24) is 19.3 Å². The summed E-state index contributed by atoms with van der Waals surface area (Å²) in [4.78, 5) is 4.39. The van der Waals surface area contributed by atoms with E-state index in [2.05, 4.69) is 33.9 Å². The summed E-state index contributed by atoms with van der Waals surface area (Å²) < 4.78 is 9.52. The lowest BCUT2D eigenvalue weighted by molar-refractivity contribution is 0.0657. The third kappa shape index (κ3) is 2.95. The first kappa shape index (κ1) is 14.1. The molecule has 1 aliphatic heterocycles. The van der Waals surface area contributed by atoms with Crippen molar-refractivity contribution in [3.05, 3.63) is 30.1 Å². The third-order valence-corrected chi connectivity index (χ3v) is 4.12. The first-order valence-electron chi connectivity index (χ1n) is 7.51. The molecule has 1 atom stereocenters. The average molecular weight is 289 g/mol. The van der Waals surface area contributed by atoms with E-state index in [0.29, 0.717) is 6.04 Å². The van der Waals surface area contributed by atoms with Gasteiger partial charge in [0.15, 0.2) is 0 Å². The first-order chi connectivity index (χ1) is 10.1. The summed E-state index contributed by atoms with van der Waals surface area (Å²) in [6.07, 6.45) is 7.86. The van der Waals surface area contributed by atoms with E-state index in [1.807, 2.05) is 30.3 Å². The van der Waals surface area contributed by atoms with Gasteiger partial charge in [-0.05, 0) is 26.7 Å². The van der Waals surface area contributed by atoms with E-state index < -0.39 is 0 Å². The highest BCUT2D eigenvalue weighted by Gasteiger charge is 2.20. The highest BCUT2D eigenvalue weighted by Crippen LogP contribution is 2.27. The van der Waals surface area contributed by atoms with Crippen molar-refractivity contribution in [1.29, 1.82) is 0 Å². The number of hydrogen-bond acceptors (Lipinski definition) is 4. The number of rotatable bonds is 4. The minimum absolute atomic E-state index is 0.164. The fraction of sp³-hybridized carbons (Fsp3) is 0.600. The van der Waals surface area contributed by atoms with Gasteiger partial charge >= 0.3 is 0 Å². The lowest BCUT2D eigenvalue weighted by Gasteiger charge is -2.24. The topological polar surface area (TPSA) is 56.9 Å². The van der Waals surface area contributed by atoms with Crippen molar-refractivity contribution < 1.29 is 4.74 Å². The molecule has 1 saturated heterocycles. The summed E-state index contributed by atoms with van der Waals surface area (Å²) in [5, 5.41) is 8.07. The number of aryl methyl sites for hydroxylation is 1. The summed E-state index contributed by atoms with van der Waals surface area (Å²) in [6, 6.07) is 0.622. The number of hydrogen-bond donors (Lipinski definition) is 1. The summed E-state index contributed by atoms with van der Waals surface area (Å²) in [5.74, 6) is 0. The molecule has 1 unspecified atom stereocenters. The van der Waals surface area contributed by atoms with Gasteiger partial charge in [0.2, 0.25) is 0 Å². The number of aromatic nitrogens is 4. The Morgan fingerprint density at radius 3 is 2.81 bits per heavy atom. The van der Waals surface area contributed by atoms with Crippen LogP contribution in [-0.4, -0.2) is 32.5 Å². The normalized spacial score (nSPS) is 17.9. The Bertz CT molecular complexity index is 597. The van der Waals surface area contributed by atoms with E-state index in [0.717, 1.165) is 37.4 Å². The fourth-order valence-electron chi connectivity index (χ4n) is 2.83. The minimum Gasteiger partial charge on any atom is -0.381 e. The van der Waals surface area contributed by atoms with Gasteiger partial charge in [-0.3, -0.25) is 4.68 Å². The Balaban J connectivity index is 1.72. The van der Waals surface area contributed by atoms with E-state index in [4.69, 9.17) is 4.74 Å². The molecule has 0 amide bonds. The molecule has 6 heteroatoms. The number of nitrogens with one attached hydrogen (secondary N) is 1. The van der Waals surface area contributed by atoms with Gasteiger partial charge in [-0.2, -0.15) is 5.10 Å². The van der Waals surface area contributed by atoms with Crippen molar-refractivity contribution in [2.24, 2.45) is 7.05 Å². The maximum Gasteiger partial charge on any atom is 0.0947 e. The molecule has 0 bridgehead atoms. The molecule has 0 aromatic carbocycles. The van der Waals surface area contributed by atoms with Crippen molar-refractivity contribution in [3.8, 4) is 0 Å². The van der Waals surface area contributed by atoms with Crippen LogP contribution in [0.4, 0.5) is 5.69 Å². The molecule has 2 aromatic rings. The van der Waals surface area contributed by atoms with Gasteiger partial charge < -0.3 is 14.6 Å². The van der Waals surface area contributed by atoms with E-state index in [1.54, 1.807) is 0 Å². The van der Waals surface area contributed by atoms with Gasteiger partial charge in [-0.15, -0.1) is 0 Å². The van der Waals surface area contributed by atoms with Crippen LogP contribution in [-0.2, 0) is 11.8 Å². The molecule has 2 aromatic heterocycles. The molecule has 0 radical (unpaired) electrons. The molecule has 21 heavy (non-hydrogen) atoms. The van der Waals surface area contributed by atoms with Crippen LogP contribution in [0.15, 0.2) is 18.7 Å². The van der Waals surface area contributed by atoms with E-state index in [1.165, 1.54) is 5.69 Å². The monoisotopic (exact) mass is 289 g/mol. The molecule has 3 rings (SSSR count). The lowest BCUT2D eigenvalue weighted by atomic mass is 10.1. The van der Waals surface area contributed by atoms with Crippen LogP contribution in [0.25, 0.3) is 0 Å². The Morgan fingerprint density at radius 2 is 2.14 bits per heavy atom. The molecular weight excluding hydrogens is 266 g/mol. The molecular formula is C15H23N5O. The summed E-state index contributed by atoms with van der Waals surface area (Å²) in [5.41, 5.74) is 3.31. The number of anilines is 1. The average Bonchev–Trinajstić information content (AvgIpc) is 3.07. The Hall–Kier alpha value is -1.82. The molecule has 0 spiro atoms. The molecule has 0 saturated carbocycles. The highest BCUT2D eigenvalue weighted by atomic mass is 16.5. The quantitative estimate of drug-likeness (QED) is 0.939. The van der Waals surface area contributed by atoms with Gasteiger partial charge in [-0.1, -0.05) is 0 Å². The van der Waals surface area contributed by atoms with Gasteiger partial charge in [0.25, 0.3) is 0 Å². The molecule has 1 N–H and O–H groups in total. The van der Waals surface area contributed by atoms with Gasteiger partial charge in [0.1, 0.15) is 0 Å². The third-order valence-electron chi connectivity index (χ3n) is 4.12. The predicted molar refractivity (Wildman–Crippen MR) is 81.3 cm³/mol. The lowest BCUT2D eigenvalue weighted by Crippen LogP contribution is -2.21. The van der Waals surface area contributed by atoms with Gasteiger partial charge in [-0.25, -0.2) is 4.98 Å². The van der Waals surface area contributed by atoms with Crippen molar-refractivity contribution in [2.45, 2.75) is 38.8 Å². The van der Waals surface area contributed by atoms with Crippen LogP contribution >= 0.6 is 0 Å². The molecule has 0 aliphatic carbocycles. The van der Waals surface area contributed by atoms with Crippen LogP contribution in [0.3, 0.4) is 0 Å². The molecule has 3 heterocycles. The van der Waals surface area contributed by atoms with Crippen LogP contribution in [0.5, 0.6) is 0 Å². The molecule has 1 fully saturated rings. The van der Waals surface area contributed by atoms with Crippen molar-refractivity contribution in [3.63, 3.8) is 0 Å². The zero-order chi connectivity index (χ0) is 14.8. The Labute approximate surface area is 125 Å². The second kappa shape index (κ2) is 5.89. The maximum absolute atomic E-state index is 5.43. The SMILES string of the molecule is Cc1c(NC(C)c2cn(C)cn2)cnn1C1CCOCC1. The van der Waals surface area contributed by atoms with Gasteiger partial charge in [0, 0.05) is 26.5 Å². The summed E-state index contributed by atoms with van der Waals surface area (Å²) >= 11 is 0.